The van der Waals surface area contributed by atoms with E-state index in [0.717, 1.165) is 44.2 Å². The van der Waals surface area contributed by atoms with Crippen molar-refractivity contribution in [2.75, 3.05) is 38.1 Å². The van der Waals surface area contributed by atoms with E-state index in [1.54, 1.807) is 0 Å². The van der Waals surface area contributed by atoms with Gasteiger partial charge in [0.15, 0.2) is 0 Å². The van der Waals surface area contributed by atoms with Gasteiger partial charge in [-0.15, -0.1) is 0 Å². The zero-order valence-corrected chi connectivity index (χ0v) is 10.5. The fourth-order valence-electron chi connectivity index (χ4n) is 1.81. The van der Waals surface area contributed by atoms with Crippen LogP contribution in [0.3, 0.4) is 0 Å². The number of aryl methyl sites for hydroxylation is 1. The number of rotatable bonds is 2. The third kappa shape index (κ3) is 2.62. The fourth-order valence-corrected chi connectivity index (χ4v) is 2.00. The molecule has 1 fully saturated rings. The van der Waals surface area contributed by atoms with Crippen molar-refractivity contribution in [2.45, 2.75) is 13.3 Å². The number of piperazine rings is 1. The van der Waals surface area contributed by atoms with Gasteiger partial charge in [0.25, 0.3) is 0 Å². The Hall–Kier alpha value is -0.870. The Labute approximate surface area is 101 Å². The van der Waals surface area contributed by atoms with Crippen molar-refractivity contribution in [3.05, 3.63) is 17.0 Å². The van der Waals surface area contributed by atoms with Gasteiger partial charge in [-0.3, -0.25) is 0 Å². The maximum atomic E-state index is 5.99. The summed E-state index contributed by atoms with van der Waals surface area (Å²) in [7, 11) is 2.14. The van der Waals surface area contributed by atoms with Gasteiger partial charge < -0.3 is 9.80 Å². The minimum absolute atomic E-state index is 0.542. The molecule has 1 aromatic heterocycles. The quantitative estimate of drug-likeness (QED) is 0.733. The Kier molecular flexibility index (Phi) is 3.61. The lowest BCUT2D eigenvalue weighted by molar-refractivity contribution is 0.312. The van der Waals surface area contributed by atoms with Crippen molar-refractivity contribution in [2.24, 2.45) is 0 Å². The van der Waals surface area contributed by atoms with E-state index in [2.05, 4.69) is 26.8 Å². The summed E-state index contributed by atoms with van der Waals surface area (Å²) in [6.07, 6.45) is 0.821. The van der Waals surface area contributed by atoms with Gasteiger partial charge in [-0.05, 0) is 7.05 Å². The Morgan fingerprint density at radius 2 is 1.94 bits per heavy atom. The van der Waals surface area contributed by atoms with Crippen LogP contribution in [-0.4, -0.2) is 48.1 Å². The van der Waals surface area contributed by atoms with Gasteiger partial charge in [0, 0.05) is 38.7 Å². The molecule has 1 aromatic rings. The highest BCUT2D eigenvalue weighted by molar-refractivity contribution is 6.29. The Balaban J connectivity index is 2.16. The van der Waals surface area contributed by atoms with E-state index in [4.69, 9.17) is 11.6 Å². The molecule has 1 saturated heterocycles. The number of aromatic nitrogens is 2. The van der Waals surface area contributed by atoms with E-state index >= 15 is 0 Å². The maximum Gasteiger partial charge on any atom is 0.134 e. The fraction of sp³-hybridized carbons (Fsp3) is 0.636. The highest BCUT2D eigenvalue weighted by atomic mass is 35.5. The molecule has 16 heavy (non-hydrogen) atoms. The van der Waals surface area contributed by atoms with Gasteiger partial charge in [0.1, 0.15) is 16.8 Å². The van der Waals surface area contributed by atoms with Crippen molar-refractivity contribution in [1.29, 1.82) is 0 Å². The third-order valence-electron chi connectivity index (χ3n) is 2.87. The molecule has 0 radical (unpaired) electrons. The van der Waals surface area contributed by atoms with E-state index in [0.29, 0.717) is 5.15 Å². The molecule has 0 aromatic carbocycles. The van der Waals surface area contributed by atoms with Crippen LogP contribution < -0.4 is 4.90 Å². The van der Waals surface area contributed by atoms with Crippen LogP contribution in [0.25, 0.3) is 0 Å². The average molecular weight is 241 g/mol. The molecule has 0 amide bonds. The number of nitrogens with zero attached hydrogens (tertiary/aromatic N) is 4. The predicted molar refractivity (Wildman–Crippen MR) is 66.1 cm³/mol. The Bertz CT molecular complexity index is 361. The predicted octanol–water partition coefficient (Wildman–Crippen LogP) is 1.44. The number of halogens is 1. The second kappa shape index (κ2) is 4.97. The molecule has 0 aliphatic carbocycles. The second-order valence-corrected chi connectivity index (χ2v) is 4.50. The summed E-state index contributed by atoms with van der Waals surface area (Å²) in [6, 6.07) is 1.85. The van der Waals surface area contributed by atoms with Crippen molar-refractivity contribution in [3.63, 3.8) is 0 Å². The van der Waals surface area contributed by atoms with Crippen LogP contribution in [0.15, 0.2) is 6.07 Å². The lowest BCUT2D eigenvalue weighted by Crippen LogP contribution is -2.44. The number of anilines is 1. The number of hydrogen-bond acceptors (Lipinski definition) is 4. The molecule has 1 aliphatic heterocycles. The molecule has 4 nitrogen and oxygen atoms in total. The van der Waals surface area contributed by atoms with Gasteiger partial charge in [0.2, 0.25) is 0 Å². The molecule has 5 heteroatoms. The molecule has 2 heterocycles. The first-order valence-corrected chi connectivity index (χ1v) is 6.04. The van der Waals surface area contributed by atoms with Crippen LogP contribution in [0.5, 0.6) is 0 Å². The van der Waals surface area contributed by atoms with E-state index in [1.165, 1.54) is 0 Å². The molecule has 0 N–H and O–H groups in total. The molecule has 0 bridgehead atoms. The normalized spacial score (nSPS) is 17.8. The van der Waals surface area contributed by atoms with Crippen LogP contribution in [0.2, 0.25) is 5.15 Å². The number of likely N-dealkylation sites (N-methyl/N-ethyl adjacent to an activating group) is 1. The summed E-state index contributed by atoms with van der Waals surface area (Å²) in [6.45, 7) is 6.20. The van der Waals surface area contributed by atoms with Crippen molar-refractivity contribution in [3.8, 4) is 0 Å². The molecule has 1 aliphatic rings. The third-order valence-corrected chi connectivity index (χ3v) is 3.06. The van der Waals surface area contributed by atoms with Crippen LogP contribution >= 0.6 is 11.6 Å². The zero-order valence-electron chi connectivity index (χ0n) is 9.78. The van der Waals surface area contributed by atoms with E-state index < -0.39 is 0 Å². The van der Waals surface area contributed by atoms with Gasteiger partial charge in [-0.1, -0.05) is 18.5 Å². The lowest BCUT2D eigenvalue weighted by atomic mass is 10.3. The monoisotopic (exact) mass is 240 g/mol. The van der Waals surface area contributed by atoms with Gasteiger partial charge in [-0.25, -0.2) is 9.97 Å². The van der Waals surface area contributed by atoms with Crippen LogP contribution in [-0.2, 0) is 6.42 Å². The van der Waals surface area contributed by atoms with Crippen LogP contribution in [0.1, 0.15) is 12.7 Å². The Morgan fingerprint density at radius 3 is 2.56 bits per heavy atom. The molecule has 0 atom stereocenters. The summed E-state index contributed by atoms with van der Waals surface area (Å²) in [5.41, 5.74) is 0. The standard InChI is InChI=1S/C11H17ClN4/c1-3-10-13-9(12)8-11(14-10)16-6-4-15(2)5-7-16/h8H,3-7H2,1-2H3. The first kappa shape index (κ1) is 11.6. The molecule has 88 valence electrons. The average Bonchev–Trinajstić information content (AvgIpc) is 2.29. The first-order valence-electron chi connectivity index (χ1n) is 5.66. The molecule has 0 unspecified atom stereocenters. The first-order chi connectivity index (χ1) is 7.69. The second-order valence-electron chi connectivity index (χ2n) is 4.11. The van der Waals surface area contributed by atoms with Gasteiger partial charge in [-0.2, -0.15) is 0 Å². The topological polar surface area (TPSA) is 32.3 Å². The van der Waals surface area contributed by atoms with Crippen molar-refractivity contribution >= 4 is 17.4 Å². The zero-order chi connectivity index (χ0) is 11.5. The van der Waals surface area contributed by atoms with Crippen molar-refractivity contribution < 1.29 is 0 Å². The SMILES string of the molecule is CCc1nc(Cl)cc(N2CCN(C)CC2)n1. The summed E-state index contributed by atoms with van der Waals surface area (Å²) >= 11 is 5.99. The van der Waals surface area contributed by atoms with Crippen molar-refractivity contribution in [1.82, 2.24) is 14.9 Å². The molecule has 2 rings (SSSR count). The summed E-state index contributed by atoms with van der Waals surface area (Å²) in [4.78, 5) is 13.3. The largest absolute Gasteiger partial charge is 0.354 e. The van der Waals surface area contributed by atoms with Gasteiger partial charge >= 0.3 is 0 Å². The van der Waals surface area contributed by atoms with E-state index in [1.807, 2.05) is 13.0 Å². The smallest absolute Gasteiger partial charge is 0.134 e. The molecular formula is C11H17ClN4. The maximum absolute atomic E-state index is 5.99. The van der Waals surface area contributed by atoms with Gasteiger partial charge in [0.05, 0.1) is 0 Å². The minimum Gasteiger partial charge on any atom is -0.354 e. The summed E-state index contributed by atoms with van der Waals surface area (Å²) < 4.78 is 0. The van der Waals surface area contributed by atoms with E-state index in [9.17, 15) is 0 Å². The molecule has 0 spiro atoms. The summed E-state index contributed by atoms with van der Waals surface area (Å²) in [5, 5.41) is 0.542. The molecule has 0 saturated carbocycles. The molecular weight excluding hydrogens is 224 g/mol. The van der Waals surface area contributed by atoms with Crippen LogP contribution in [0, 0.1) is 0 Å². The highest BCUT2D eigenvalue weighted by Crippen LogP contribution is 2.17. The Morgan fingerprint density at radius 1 is 1.25 bits per heavy atom. The number of hydrogen-bond donors (Lipinski definition) is 0. The van der Waals surface area contributed by atoms with Crippen LogP contribution in [0.4, 0.5) is 5.82 Å². The highest BCUT2D eigenvalue weighted by Gasteiger charge is 2.16. The minimum atomic E-state index is 0.542. The lowest BCUT2D eigenvalue weighted by Gasteiger charge is -2.33. The summed E-state index contributed by atoms with van der Waals surface area (Å²) in [5.74, 6) is 1.78. The van der Waals surface area contributed by atoms with E-state index in [-0.39, 0.29) is 0 Å².